The summed E-state index contributed by atoms with van der Waals surface area (Å²) >= 11 is 1.54. The van der Waals surface area contributed by atoms with Crippen LogP contribution in [-0.4, -0.2) is 31.3 Å². The van der Waals surface area contributed by atoms with Crippen LogP contribution in [-0.2, 0) is 20.2 Å². The largest absolute Gasteiger partial charge is 0.480 e. The molecule has 0 radical (unpaired) electrons. The summed E-state index contributed by atoms with van der Waals surface area (Å²) in [4.78, 5) is 11.7. The summed E-state index contributed by atoms with van der Waals surface area (Å²) in [6, 6.07) is 3.83. The van der Waals surface area contributed by atoms with Gasteiger partial charge in [-0.2, -0.15) is 0 Å². The Kier molecular flexibility index (Phi) is 4.52. The van der Waals surface area contributed by atoms with Crippen molar-refractivity contribution in [2.45, 2.75) is 31.4 Å². The second-order valence-electron chi connectivity index (χ2n) is 4.71. The number of carboxylic acids is 1. The Hall–Kier alpha value is -0.920. The molecule has 0 aromatic carbocycles. The zero-order chi connectivity index (χ0) is 14.0. The van der Waals surface area contributed by atoms with Gasteiger partial charge in [-0.3, -0.25) is 4.79 Å². The highest BCUT2D eigenvalue weighted by Gasteiger charge is 2.30. The first-order valence-electron chi connectivity index (χ1n) is 5.42. The first-order valence-corrected chi connectivity index (χ1v) is 7.85. The molecule has 0 aliphatic carbocycles. The normalized spacial score (nSPS) is 14.4. The maximum atomic E-state index is 11.7. The number of rotatable bonds is 6. The molecule has 0 spiro atoms. The first-order chi connectivity index (χ1) is 8.17. The summed E-state index contributed by atoms with van der Waals surface area (Å²) in [6.45, 7) is 5.15. The molecule has 0 aliphatic rings. The lowest BCUT2D eigenvalue weighted by Gasteiger charge is -2.24. The molecule has 2 N–H and O–H groups in total. The molecule has 0 saturated heterocycles. The van der Waals surface area contributed by atoms with Crippen molar-refractivity contribution in [3.63, 3.8) is 0 Å². The SMILES string of the molecule is CC(C(=O)O)S(=O)(=O)NCC(C)(C)c1cccs1. The van der Waals surface area contributed by atoms with Crippen molar-refractivity contribution in [3.8, 4) is 0 Å². The number of sulfonamides is 1. The van der Waals surface area contributed by atoms with Crippen molar-refractivity contribution in [1.29, 1.82) is 0 Å². The number of aliphatic carboxylic acids is 1. The van der Waals surface area contributed by atoms with Gasteiger partial charge in [0.05, 0.1) is 0 Å². The third-order valence-electron chi connectivity index (χ3n) is 2.72. The monoisotopic (exact) mass is 291 g/mol. The van der Waals surface area contributed by atoms with Crippen molar-refractivity contribution in [2.24, 2.45) is 0 Å². The van der Waals surface area contributed by atoms with Crippen LogP contribution in [0.1, 0.15) is 25.6 Å². The molecule has 0 fully saturated rings. The maximum Gasteiger partial charge on any atom is 0.323 e. The molecule has 1 rings (SSSR count). The lowest BCUT2D eigenvalue weighted by atomic mass is 9.92. The quantitative estimate of drug-likeness (QED) is 0.830. The summed E-state index contributed by atoms with van der Waals surface area (Å²) in [6.07, 6.45) is 0. The minimum absolute atomic E-state index is 0.174. The van der Waals surface area contributed by atoms with Crippen LogP contribution in [0.4, 0.5) is 0 Å². The topological polar surface area (TPSA) is 83.5 Å². The summed E-state index contributed by atoms with van der Waals surface area (Å²) in [5, 5.41) is 9.19. The average molecular weight is 291 g/mol. The highest BCUT2D eigenvalue weighted by atomic mass is 32.2. The third kappa shape index (κ3) is 3.54. The van der Waals surface area contributed by atoms with Gasteiger partial charge in [0.2, 0.25) is 10.0 Å². The smallest absolute Gasteiger partial charge is 0.323 e. The maximum absolute atomic E-state index is 11.7. The zero-order valence-corrected chi connectivity index (χ0v) is 12.1. The highest BCUT2D eigenvalue weighted by Crippen LogP contribution is 2.26. The minimum Gasteiger partial charge on any atom is -0.480 e. The number of carbonyl (C=O) groups is 1. The van der Waals surface area contributed by atoms with Crippen LogP contribution in [0.15, 0.2) is 17.5 Å². The lowest BCUT2D eigenvalue weighted by Crippen LogP contribution is -2.42. The molecule has 0 saturated carbocycles. The number of thiophene rings is 1. The summed E-state index contributed by atoms with van der Waals surface area (Å²) < 4.78 is 25.8. The van der Waals surface area contributed by atoms with Crippen molar-refractivity contribution >= 4 is 27.3 Å². The third-order valence-corrected chi connectivity index (χ3v) is 5.63. The van der Waals surface area contributed by atoms with E-state index in [0.29, 0.717) is 0 Å². The van der Waals surface area contributed by atoms with Gasteiger partial charge < -0.3 is 5.11 Å². The molecule has 1 heterocycles. The van der Waals surface area contributed by atoms with Gasteiger partial charge in [0.1, 0.15) is 0 Å². The molecule has 1 atom stereocenters. The number of nitrogens with one attached hydrogen (secondary N) is 1. The average Bonchev–Trinajstić information content (AvgIpc) is 2.79. The Morgan fingerprint density at radius 3 is 2.61 bits per heavy atom. The van der Waals surface area contributed by atoms with E-state index >= 15 is 0 Å². The van der Waals surface area contributed by atoms with Gasteiger partial charge in [0.15, 0.2) is 5.25 Å². The molecular weight excluding hydrogens is 274 g/mol. The van der Waals surface area contributed by atoms with E-state index in [1.165, 1.54) is 0 Å². The number of hydrogen-bond donors (Lipinski definition) is 2. The van der Waals surface area contributed by atoms with Crippen molar-refractivity contribution in [2.75, 3.05) is 6.54 Å². The molecule has 0 bridgehead atoms. The van der Waals surface area contributed by atoms with Crippen LogP contribution in [0.5, 0.6) is 0 Å². The van der Waals surface area contributed by atoms with E-state index in [-0.39, 0.29) is 12.0 Å². The molecule has 0 aliphatic heterocycles. The van der Waals surface area contributed by atoms with Crippen molar-refractivity contribution < 1.29 is 18.3 Å². The molecule has 0 amide bonds. The van der Waals surface area contributed by atoms with E-state index in [1.807, 2.05) is 31.4 Å². The van der Waals surface area contributed by atoms with Crippen LogP contribution in [0.3, 0.4) is 0 Å². The second-order valence-corrected chi connectivity index (χ2v) is 7.74. The highest BCUT2D eigenvalue weighted by molar-refractivity contribution is 7.90. The minimum atomic E-state index is -3.83. The summed E-state index contributed by atoms with van der Waals surface area (Å²) in [7, 11) is -3.83. The molecule has 7 heteroatoms. The van der Waals surface area contributed by atoms with Crippen molar-refractivity contribution in [3.05, 3.63) is 22.4 Å². The predicted molar refractivity (Wildman–Crippen MR) is 71.4 cm³/mol. The van der Waals surface area contributed by atoms with Crippen LogP contribution in [0.25, 0.3) is 0 Å². The van der Waals surface area contributed by atoms with Crippen LogP contribution < -0.4 is 4.72 Å². The van der Waals surface area contributed by atoms with E-state index in [0.717, 1.165) is 11.8 Å². The Bertz CT molecular complexity index is 505. The lowest BCUT2D eigenvalue weighted by molar-refractivity contribution is -0.136. The zero-order valence-electron chi connectivity index (χ0n) is 10.5. The molecule has 1 unspecified atom stereocenters. The Labute approximate surface area is 111 Å². The Balaban J connectivity index is 2.74. The summed E-state index contributed by atoms with van der Waals surface area (Å²) in [5.41, 5.74) is -0.362. The molecule has 1 aromatic heterocycles. The van der Waals surface area contributed by atoms with E-state index < -0.39 is 21.2 Å². The molecule has 1 aromatic rings. The van der Waals surface area contributed by atoms with E-state index in [1.54, 1.807) is 11.3 Å². The fourth-order valence-corrected chi connectivity index (χ4v) is 3.22. The van der Waals surface area contributed by atoms with Crippen LogP contribution in [0, 0.1) is 0 Å². The van der Waals surface area contributed by atoms with Gasteiger partial charge in [-0.05, 0) is 18.4 Å². The van der Waals surface area contributed by atoms with E-state index in [4.69, 9.17) is 5.11 Å². The van der Waals surface area contributed by atoms with Crippen LogP contribution >= 0.6 is 11.3 Å². The van der Waals surface area contributed by atoms with Gasteiger partial charge in [0.25, 0.3) is 0 Å². The molecule has 5 nitrogen and oxygen atoms in total. The fourth-order valence-electron chi connectivity index (χ4n) is 1.29. The second kappa shape index (κ2) is 5.38. The van der Waals surface area contributed by atoms with Crippen LogP contribution in [0.2, 0.25) is 0 Å². The van der Waals surface area contributed by atoms with Gasteiger partial charge in [-0.25, -0.2) is 13.1 Å². The van der Waals surface area contributed by atoms with Gasteiger partial charge >= 0.3 is 5.97 Å². The van der Waals surface area contributed by atoms with Gasteiger partial charge in [-0.15, -0.1) is 11.3 Å². The van der Waals surface area contributed by atoms with Gasteiger partial charge in [-0.1, -0.05) is 19.9 Å². The van der Waals surface area contributed by atoms with E-state index in [2.05, 4.69) is 4.72 Å². The first kappa shape index (κ1) is 15.1. The molecular formula is C11H17NO4S2. The van der Waals surface area contributed by atoms with E-state index in [9.17, 15) is 13.2 Å². The van der Waals surface area contributed by atoms with Gasteiger partial charge in [0, 0.05) is 16.8 Å². The number of carboxylic acid groups (broad SMARTS) is 1. The summed E-state index contributed by atoms with van der Waals surface area (Å²) in [5.74, 6) is -1.35. The fraction of sp³-hybridized carbons (Fsp3) is 0.545. The predicted octanol–water partition coefficient (Wildman–Crippen LogP) is 1.42. The molecule has 102 valence electrons. The van der Waals surface area contributed by atoms with Crippen molar-refractivity contribution in [1.82, 2.24) is 4.72 Å². The Morgan fingerprint density at radius 1 is 1.56 bits per heavy atom. The standard InChI is InChI=1S/C11H17NO4S2/c1-8(10(13)14)18(15,16)12-7-11(2,3)9-5-4-6-17-9/h4-6,8,12H,7H2,1-3H3,(H,13,14). The Morgan fingerprint density at radius 2 is 2.17 bits per heavy atom. The number of hydrogen-bond acceptors (Lipinski definition) is 4. The molecule has 18 heavy (non-hydrogen) atoms.